The number of anilines is 1. The van der Waals surface area contributed by atoms with Crippen molar-refractivity contribution in [1.82, 2.24) is 9.62 Å². The molecule has 0 fully saturated rings. The first-order valence-electron chi connectivity index (χ1n) is 7.32. The lowest BCUT2D eigenvalue weighted by Crippen LogP contribution is -2.39. The molecule has 6 heteroatoms. The van der Waals surface area contributed by atoms with Crippen LogP contribution in [0.2, 0.25) is 0 Å². The van der Waals surface area contributed by atoms with Gasteiger partial charge in [0.05, 0.1) is 12.4 Å². The third kappa shape index (κ3) is 3.75. The maximum atomic E-state index is 11.7. The topological polar surface area (TPSA) is 61.4 Å². The third-order valence-corrected chi connectivity index (χ3v) is 5.24. The Kier molecular flexibility index (Phi) is 4.91. The summed E-state index contributed by atoms with van der Waals surface area (Å²) in [5.41, 5.74) is 3.43. The van der Waals surface area contributed by atoms with Gasteiger partial charge in [0.25, 0.3) is 0 Å². The standard InChI is InChI=1S/C15H25N3O2S/c1-11(2)15(16-3)17-14-7-5-6-12-10-18(21(4,19)20)9-8-13(12)14/h5-7,11,15-17H,8-10H2,1-4H3/t15-/m0/s1. The number of nitrogens with one attached hydrogen (secondary N) is 2. The Morgan fingerprint density at radius 2 is 2.00 bits per heavy atom. The second-order valence-electron chi connectivity index (χ2n) is 5.94. The van der Waals surface area contributed by atoms with Crippen molar-refractivity contribution < 1.29 is 8.42 Å². The van der Waals surface area contributed by atoms with E-state index >= 15 is 0 Å². The zero-order chi connectivity index (χ0) is 15.6. The van der Waals surface area contributed by atoms with Gasteiger partial charge < -0.3 is 10.6 Å². The van der Waals surface area contributed by atoms with E-state index < -0.39 is 10.0 Å². The van der Waals surface area contributed by atoms with E-state index in [1.54, 1.807) is 0 Å². The summed E-state index contributed by atoms with van der Waals surface area (Å²) in [5, 5.41) is 6.80. The van der Waals surface area contributed by atoms with Crippen LogP contribution in [0, 0.1) is 5.92 Å². The minimum atomic E-state index is -3.12. The van der Waals surface area contributed by atoms with Gasteiger partial charge in [-0.05, 0) is 36.6 Å². The van der Waals surface area contributed by atoms with E-state index in [2.05, 4.69) is 30.5 Å². The number of nitrogens with zero attached hydrogens (tertiary/aromatic N) is 1. The van der Waals surface area contributed by atoms with Crippen LogP contribution in [0.15, 0.2) is 18.2 Å². The molecule has 0 saturated carbocycles. The molecule has 0 saturated heterocycles. The van der Waals surface area contributed by atoms with Crippen LogP contribution in [0.3, 0.4) is 0 Å². The SMILES string of the molecule is CN[C@@H](Nc1cccc2c1CCN(S(C)(=O)=O)C2)C(C)C. The second-order valence-corrected chi connectivity index (χ2v) is 7.93. The fraction of sp³-hybridized carbons (Fsp3) is 0.600. The van der Waals surface area contributed by atoms with E-state index in [4.69, 9.17) is 0 Å². The third-order valence-electron chi connectivity index (χ3n) is 3.99. The van der Waals surface area contributed by atoms with Gasteiger partial charge in [0.15, 0.2) is 0 Å². The minimum Gasteiger partial charge on any atom is -0.369 e. The molecule has 1 aromatic carbocycles. The lowest BCUT2D eigenvalue weighted by atomic mass is 9.98. The highest BCUT2D eigenvalue weighted by Gasteiger charge is 2.25. The molecule has 5 nitrogen and oxygen atoms in total. The number of sulfonamides is 1. The van der Waals surface area contributed by atoms with Gasteiger partial charge in [-0.1, -0.05) is 26.0 Å². The highest BCUT2D eigenvalue weighted by atomic mass is 32.2. The molecule has 0 bridgehead atoms. The number of fused-ring (bicyclic) bond motifs is 1. The highest BCUT2D eigenvalue weighted by molar-refractivity contribution is 7.88. The molecule has 2 rings (SSSR count). The summed E-state index contributed by atoms with van der Waals surface area (Å²) in [6.45, 7) is 5.34. The minimum absolute atomic E-state index is 0.199. The van der Waals surface area contributed by atoms with E-state index in [-0.39, 0.29) is 6.17 Å². The van der Waals surface area contributed by atoms with Crippen molar-refractivity contribution in [1.29, 1.82) is 0 Å². The van der Waals surface area contributed by atoms with Crippen molar-refractivity contribution in [3.05, 3.63) is 29.3 Å². The van der Waals surface area contributed by atoms with E-state index in [1.165, 1.54) is 16.1 Å². The molecule has 1 aliphatic rings. The highest BCUT2D eigenvalue weighted by Crippen LogP contribution is 2.28. The number of rotatable bonds is 5. The summed E-state index contributed by atoms with van der Waals surface area (Å²) in [7, 11) is -1.18. The zero-order valence-corrected chi connectivity index (χ0v) is 14.0. The monoisotopic (exact) mass is 311 g/mol. The Balaban J connectivity index is 2.25. The molecule has 0 amide bonds. The normalized spacial score (nSPS) is 17.6. The molecule has 1 aliphatic heterocycles. The average molecular weight is 311 g/mol. The molecule has 21 heavy (non-hydrogen) atoms. The maximum Gasteiger partial charge on any atom is 0.211 e. The van der Waals surface area contributed by atoms with E-state index in [9.17, 15) is 8.42 Å². The lowest BCUT2D eigenvalue weighted by molar-refractivity contribution is 0.394. The van der Waals surface area contributed by atoms with Crippen LogP contribution >= 0.6 is 0 Å². The Hall–Kier alpha value is -1.11. The predicted octanol–water partition coefficient (Wildman–Crippen LogP) is 1.62. The van der Waals surface area contributed by atoms with Crippen molar-refractivity contribution in [2.45, 2.75) is 33.0 Å². The molecule has 1 heterocycles. The van der Waals surface area contributed by atoms with Gasteiger partial charge in [0.2, 0.25) is 10.0 Å². The first kappa shape index (κ1) is 16.3. The Morgan fingerprint density at radius 3 is 2.57 bits per heavy atom. The summed E-state index contributed by atoms with van der Waals surface area (Å²) >= 11 is 0. The van der Waals surface area contributed by atoms with E-state index in [0.29, 0.717) is 19.0 Å². The number of hydrogen-bond acceptors (Lipinski definition) is 4. The molecule has 2 N–H and O–H groups in total. The van der Waals surface area contributed by atoms with Gasteiger partial charge in [-0.2, -0.15) is 4.31 Å². The van der Waals surface area contributed by atoms with Gasteiger partial charge in [-0.3, -0.25) is 0 Å². The molecule has 1 atom stereocenters. The fourth-order valence-corrected chi connectivity index (χ4v) is 3.54. The molecule has 0 aromatic heterocycles. The lowest BCUT2D eigenvalue weighted by Gasteiger charge is -2.30. The van der Waals surface area contributed by atoms with Crippen LogP contribution in [-0.4, -0.2) is 38.7 Å². The Morgan fingerprint density at radius 1 is 1.29 bits per heavy atom. The predicted molar refractivity (Wildman–Crippen MR) is 86.7 cm³/mol. The molecular formula is C15H25N3O2S. The van der Waals surface area contributed by atoms with Gasteiger partial charge in [0.1, 0.15) is 0 Å². The summed E-state index contributed by atoms with van der Waals surface area (Å²) in [6, 6.07) is 6.07. The molecule has 118 valence electrons. The van der Waals surface area contributed by atoms with E-state index in [1.807, 2.05) is 19.2 Å². The summed E-state index contributed by atoms with van der Waals surface area (Å²) in [6.07, 6.45) is 2.22. The number of benzene rings is 1. The fourth-order valence-electron chi connectivity index (χ4n) is 2.74. The van der Waals surface area contributed by atoms with Crippen LogP contribution < -0.4 is 10.6 Å². The molecular weight excluding hydrogens is 286 g/mol. The van der Waals surface area contributed by atoms with Crippen LogP contribution in [0.1, 0.15) is 25.0 Å². The van der Waals surface area contributed by atoms with Crippen LogP contribution in [0.25, 0.3) is 0 Å². The molecule has 0 aliphatic carbocycles. The summed E-state index contributed by atoms with van der Waals surface area (Å²) < 4.78 is 24.9. The van der Waals surface area contributed by atoms with Crippen molar-refractivity contribution in [2.75, 3.05) is 25.2 Å². The number of hydrogen-bond donors (Lipinski definition) is 2. The van der Waals surface area contributed by atoms with Crippen LogP contribution in [0.5, 0.6) is 0 Å². The van der Waals surface area contributed by atoms with Gasteiger partial charge >= 0.3 is 0 Å². The van der Waals surface area contributed by atoms with Crippen molar-refractivity contribution in [3.63, 3.8) is 0 Å². The molecule has 0 radical (unpaired) electrons. The summed E-state index contributed by atoms with van der Waals surface area (Å²) in [5.74, 6) is 0.460. The smallest absolute Gasteiger partial charge is 0.211 e. The molecule has 0 spiro atoms. The van der Waals surface area contributed by atoms with Crippen LogP contribution in [-0.2, 0) is 23.0 Å². The largest absolute Gasteiger partial charge is 0.369 e. The first-order valence-corrected chi connectivity index (χ1v) is 9.17. The van der Waals surface area contributed by atoms with Crippen molar-refractivity contribution in [3.8, 4) is 0 Å². The van der Waals surface area contributed by atoms with E-state index in [0.717, 1.165) is 17.7 Å². The Labute approximate surface area is 127 Å². The zero-order valence-electron chi connectivity index (χ0n) is 13.2. The van der Waals surface area contributed by atoms with Gasteiger partial charge in [-0.15, -0.1) is 0 Å². The van der Waals surface area contributed by atoms with Crippen LogP contribution in [0.4, 0.5) is 5.69 Å². The van der Waals surface area contributed by atoms with Crippen molar-refractivity contribution >= 4 is 15.7 Å². The average Bonchev–Trinajstić information content (AvgIpc) is 2.42. The quantitative estimate of drug-likeness (QED) is 0.811. The summed E-state index contributed by atoms with van der Waals surface area (Å²) in [4.78, 5) is 0. The Bertz CT molecular complexity index is 599. The first-order chi connectivity index (χ1) is 9.82. The van der Waals surface area contributed by atoms with Gasteiger partial charge in [-0.25, -0.2) is 8.42 Å². The van der Waals surface area contributed by atoms with Crippen molar-refractivity contribution in [2.24, 2.45) is 5.92 Å². The maximum absolute atomic E-state index is 11.7. The molecule has 0 unspecified atom stereocenters. The molecule has 1 aromatic rings. The van der Waals surface area contributed by atoms with Gasteiger partial charge in [0, 0.05) is 18.8 Å². The second kappa shape index (κ2) is 6.34.